The zero-order valence-corrected chi connectivity index (χ0v) is 17.7. The molecule has 2 heterocycles. The first kappa shape index (κ1) is 19.6. The Balaban J connectivity index is 2.05. The van der Waals surface area contributed by atoms with Gasteiger partial charge in [-0.1, -0.05) is 31.4 Å². The number of nitrogens with zero attached hydrogens (tertiary/aromatic N) is 2. The molecule has 1 aliphatic heterocycles. The normalized spacial score (nSPS) is 17.1. The average molecular weight is 410 g/mol. The molecule has 1 aliphatic carbocycles. The largest absolute Gasteiger partial charge is 0.366 e. The van der Waals surface area contributed by atoms with E-state index < -0.39 is 5.91 Å². The van der Waals surface area contributed by atoms with Crippen molar-refractivity contribution in [1.29, 1.82) is 0 Å². The highest BCUT2D eigenvalue weighted by atomic mass is 35.5. The molecule has 29 heavy (non-hydrogen) atoms. The molecule has 1 aromatic heterocycles. The lowest BCUT2D eigenvalue weighted by Gasteiger charge is -2.31. The van der Waals surface area contributed by atoms with Gasteiger partial charge in [-0.25, -0.2) is 0 Å². The van der Waals surface area contributed by atoms with Crippen molar-refractivity contribution in [1.82, 2.24) is 4.57 Å². The first-order valence-corrected chi connectivity index (χ1v) is 10.1. The Labute approximate surface area is 175 Å². The van der Waals surface area contributed by atoms with Crippen LogP contribution in [0.3, 0.4) is 0 Å². The highest BCUT2D eigenvalue weighted by molar-refractivity contribution is 6.34. The number of carbonyl (C=O) groups excluding carboxylic acids is 2. The fourth-order valence-corrected chi connectivity index (χ4v) is 5.03. The highest BCUT2D eigenvalue weighted by Crippen LogP contribution is 2.43. The lowest BCUT2D eigenvalue weighted by molar-refractivity contribution is 0.0909. The molecule has 0 saturated heterocycles. The van der Waals surface area contributed by atoms with E-state index in [-0.39, 0.29) is 16.8 Å². The van der Waals surface area contributed by atoms with E-state index in [1.807, 2.05) is 6.92 Å². The zero-order valence-electron chi connectivity index (χ0n) is 16.9. The molecular formula is C23H24ClN3O2. The summed E-state index contributed by atoms with van der Waals surface area (Å²) in [4.78, 5) is 26.9. The summed E-state index contributed by atoms with van der Waals surface area (Å²) in [5, 5.41) is 0.297. The lowest BCUT2D eigenvalue weighted by Crippen LogP contribution is -2.29. The van der Waals surface area contributed by atoms with Crippen LogP contribution in [0.2, 0.25) is 5.02 Å². The molecule has 0 radical (unpaired) electrons. The summed E-state index contributed by atoms with van der Waals surface area (Å²) in [6.07, 6.45) is 7.69. The third-order valence-electron chi connectivity index (χ3n) is 6.01. The van der Waals surface area contributed by atoms with Gasteiger partial charge in [-0.2, -0.15) is 0 Å². The Morgan fingerprint density at radius 1 is 1.28 bits per heavy atom. The number of Topliss-reactive ketones (excluding diaryl/α,β-unsaturated/α-hetero) is 1. The maximum atomic E-state index is 13.0. The van der Waals surface area contributed by atoms with Gasteiger partial charge in [-0.15, -0.1) is 6.42 Å². The van der Waals surface area contributed by atoms with Crippen LogP contribution in [0, 0.1) is 24.7 Å². The van der Waals surface area contributed by atoms with Gasteiger partial charge in [0.1, 0.15) is 0 Å². The van der Waals surface area contributed by atoms with Crippen molar-refractivity contribution in [2.75, 3.05) is 18.0 Å². The number of aromatic nitrogens is 1. The molecule has 0 bridgehead atoms. The third kappa shape index (κ3) is 3.03. The van der Waals surface area contributed by atoms with E-state index in [2.05, 4.69) is 29.2 Å². The number of hydrogen-bond donors (Lipinski definition) is 1. The smallest absolute Gasteiger partial charge is 0.250 e. The number of halogens is 1. The van der Waals surface area contributed by atoms with Crippen LogP contribution in [-0.2, 0) is 12.8 Å². The van der Waals surface area contributed by atoms with Crippen LogP contribution >= 0.6 is 11.6 Å². The summed E-state index contributed by atoms with van der Waals surface area (Å²) in [5.74, 6) is 2.31. The molecule has 150 valence electrons. The van der Waals surface area contributed by atoms with Gasteiger partial charge in [0.15, 0.2) is 5.78 Å². The van der Waals surface area contributed by atoms with Crippen LogP contribution < -0.4 is 10.6 Å². The topological polar surface area (TPSA) is 68.3 Å². The van der Waals surface area contributed by atoms with Crippen molar-refractivity contribution in [3.63, 3.8) is 0 Å². The predicted octanol–water partition coefficient (Wildman–Crippen LogP) is 3.69. The minimum atomic E-state index is -0.579. The van der Waals surface area contributed by atoms with Crippen molar-refractivity contribution in [2.45, 2.75) is 40.0 Å². The molecule has 0 atom stereocenters. The number of primary amides is 1. The summed E-state index contributed by atoms with van der Waals surface area (Å²) in [7, 11) is 0. The SMILES string of the molecule is C#CCN1CCc2c(C)c3c(n2-c2cc(Cl)c(C(N)=O)cc21)CC(C)(C)CC3=O. The Kier molecular flexibility index (Phi) is 4.51. The lowest BCUT2D eigenvalue weighted by atomic mass is 9.75. The molecule has 1 aromatic carbocycles. The number of fused-ring (bicyclic) bond motifs is 5. The van der Waals surface area contributed by atoms with E-state index in [1.165, 1.54) is 0 Å². The van der Waals surface area contributed by atoms with Crippen LogP contribution in [0.15, 0.2) is 12.1 Å². The van der Waals surface area contributed by atoms with E-state index in [4.69, 9.17) is 23.8 Å². The van der Waals surface area contributed by atoms with E-state index in [9.17, 15) is 9.59 Å². The van der Waals surface area contributed by atoms with Crippen molar-refractivity contribution < 1.29 is 9.59 Å². The molecule has 0 saturated carbocycles. The molecular weight excluding hydrogens is 386 g/mol. The molecule has 4 rings (SSSR count). The van der Waals surface area contributed by atoms with Crippen LogP contribution in [0.25, 0.3) is 5.69 Å². The van der Waals surface area contributed by atoms with Gasteiger partial charge in [0, 0.05) is 36.3 Å². The molecule has 0 spiro atoms. The number of nitrogens with two attached hydrogens (primary N) is 1. The van der Waals surface area contributed by atoms with Crippen LogP contribution in [-0.4, -0.2) is 29.3 Å². The number of amides is 1. The number of hydrogen-bond acceptors (Lipinski definition) is 3. The molecule has 0 fully saturated rings. The van der Waals surface area contributed by atoms with E-state index >= 15 is 0 Å². The molecule has 5 nitrogen and oxygen atoms in total. The van der Waals surface area contributed by atoms with Crippen molar-refractivity contribution >= 4 is 29.0 Å². The summed E-state index contributed by atoms with van der Waals surface area (Å²) < 4.78 is 2.17. The fraction of sp³-hybridized carbons (Fsp3) is 0.391. The van der Waals surface area contributed by atoms with E-state index in [0.29, 0.717) is 24.5 Å². The van der Waals surface area contributed by atoms with Gasteiger partial charge in [-0.3, -0.25) is 9.59 Å². The van der Waals surface area contributed by atoms with E-state index in [1.54, 1.807) is 12.1 Å². The first-order valence-electron chi connectivity index (χ1n) is 9.73. The van der Waals surface area contributed by atoms with Gasteiger partial charge in [0.2, 0.25) is 5.91 Å². The number of ketones is 1. The fourth-order valence-electron chi connectivity index (χ4n) is 4.78. The minimum Gasteiger partial charge on any atom is -0.366 e. The highest BCUT2D eigenvalue weighted by Gasteiger charge is 2.38. The monoisotopic (exact) mass is 409 g/mol. The van der Waals surface area contributed by atoms with Gasteiger partial charge in [0.05, 0.1) is 28.5 Å². The average Bonchev–Trinajstić information content (AvgIpc) is 2.78. The summed E-state index contributed by atoms with van der Waals surface area (Å²) in [6, 6.07) is 3.51. The maximum Gasteiger partial charge on any atom is 0.250 e. The second-order valence-electron chi connectivity index (χ2n) is 8.73. The predicted molar refractivity (Wildman–Crippen MR) is 115 cm³/mol. The van der Waals surface area contributed by atoms with Crippen LogP contribution in [0.4, 0.5) is 5.69 Å². The second kappa shape index (κ2) is 6.67. The summed E-state index contributed by atoms with van der Waals surface area (Å²) >= 11 is 6.44. The van der Waals surface area contributed by atoms with Gasteiger partial charge in [-0.05, 0) is 36.5 Å². The summed E-state index contributed by atoms with van der Waals surface area (Å²) in [6.45, 7) is 7.35. The van der Waals surface area contributed by atoms with Crippen molar-refractivity contribution in [2.24, 2.45) is 11.1 Å². The zero-order chi connectivity index (χ0) is 21.1. The van der Waals surface area contributed by atoms with Crippen LogP contribution in [0.1, 0.15) is 57.9 Å². The third-order valence-corrected chi connectivity index (χ3v) is 6.32. The standard InChI is InChI=1S/C23H24ClN3O2/c1-5-7-26-8-6-16-13(2)21-19(11-23(3,4)12-20(21)28)27(16)18-10-15(24)14(22(25)29)9-17(18)26/h1,9-10H,6-8,11-12H2,2-4H3,(H2,25,29). The summed E-state index contributed by atoms with van der Waals surface area (Å²) in [5.41, 5.74) is 11.3. The molecule has 2 N–H and O–H groups in total. The second-order valence-corrected chi connectivity index (χ2v) is 9.14. The molecule has 2 aromatic rings. The molecule has 0 unspecified atom stereocenters. The Morgan fingerprint density at radius 3 is 2.66 bits per heavy atom. The van der Waals surface area contributed by atoms with Gasteiger partial charge < -0.3 is 15.2 Å². The number of anilines is 1. The number of carbonyl (C=O) groups is 2. The number of terminal acetylenes is 1. The Bertz CT molecular complexity index is 1100. The maximum absolute atomic E-state index is 13.0. The van der Waals surface area contributed by atoms with Crippen LogP contribution in [0.5, 0.6) is 0 Å². The molecule has 2 aliphatic rings. The van der Waals surface area contributed by atoms with Gasteiger partial charge in [0.25, 0.3) is 0 Å². The van der Waals surface area contributed by atoms with Crippen molar-refractivity contribution in [3.8, 4) is 18.0 Å². The Hall–Kier alpha value is -2.71. The van der Waals surface area contributed by atoms with Gasteiger partial charge >= 0.3 is 0 Å². The number of benzene rings is 1. The molecule has 1 amide bonds. The minimum absolute atomic E-state index is 0.117. The molecule has 6 heteroatoms. The quantitative estimate of drug-likeness (QED) is 0.769. The first-order chi connectivity index (χ1) is 13.6. The van der Waals surface area contributed by atoms with E-state index in [0.717, 1.165) is 46.7 Å². The van der Waals surface area contributed by atoms with Crippen molar-refractivity contribution in [3.05, 3.63) is 45.2 Å². The number of rotatable bonds is 2. The Morgan fingerprint density at radius 2 is 2.00 bits per heavy atom.